The number of rotatable bonds is 6. The molecule has 0 aliphatic rings. The Labute approximate surface area is 133 Å². The van der Waals surface area contributed by atoms with Gasteiger partial charge in [0.2, 0.25) is 5.91 Å². The van der Waals surface area contributed by atoms with Gasteiger partial charge >= 0.3 is 0 Å². The highest BCUT2D eigenvalue weighted by Crippen LogP contribution is 2.19. The molecule has 1 heterocycles. The molecule has 0 saturated heterocycles. The van der Waals surface area contributed by atoms with Crippen LogP contribution in [0.3, 0.4) is 0 Å². The standard InChI is InChI=1S/C16H16ClNO2S/c1-20-15(13-8-9-21-11-13)10-18-16(19)7-6-12-4-2-3-5-14(12)17/h2-9,11,15H,10H2,1H3,(H,18,19)/b7-6+/t15-/m1/s1. The number of carbonyl (C=O) groups is 1. The number of hydrogen-bond donors (Lipinski definition) is 1. The van der Waals surface area contributed by atoms with Gasteiger partial charge in [-0.1, -0.05) is 29.8 Å². The zero-order valence-electron chi connectivity index (χ0n) is 11.6. The molecule has 5 heteroatoms. The maximum atomic E-state index is 11.8. The SMILES string of the molecule is CO[C@H](CNC(=O)/C=C/c1ccccc1Cl)c1ccsc1. The van der Waals surface area contributed by atoms with Crippen molar-refractivity contribution in [3.63, 3.8) is 0 Å². The van der Waals surface area contributed by atoms with Crippen molar-refractivity contribution < 1.29 is 9.53 Å². The molecule has 1 amide bonds. The van der Waals surface area contributed by atoms with Gasteiger partial charge in [0.25, 0.3) is 0 Å². The monoisotopic (exact) mass is 321 g/mol. The van der Waals surface area contributed by atoms with E-state index in [0.717, 1.165) is 11.1 Å². The van der Waals surface area contributed by atoms with Gasteiger partial charge in [-0.2, -0.15) is 11.3 Å². The summed E-state index contributed by atoms with van der Waals surface area (Å²) in [6.07, 6.45) is 3.04. The van der Waals surface area contributed by atoms with Crippen LogP contribution in [0.1, 0.15) is 17.2 Å². The van der Waals surface area contributed by atoms with Gasteiger partial charge in [0, 0.05) is 24.8 Å². The molecule has 0 unspecified atom stereocenters. The Morgan fingerprint density at radius 3 is 2.90 bits per heavy atom. The predicted octanol–water partition coefficient (Wildman–Crippen LogP) is 3.92. The Bertz CT molecular complexity index is 610. The molecule has 1 atom stereocenters. The number of halogens is 1. The highest BCUT2D eigenvalue weighted by Gasteiger charge is 2.11. The molecule has 2 rings (SSSR count). The molecule has 1 aromatic heterocycles. The van der Waals surface area contributed by atoms with Crippen molar-refractivity contribution in [2.24, 2.45) is 0 Å². The number of benzene rings is 1. The minimum atomic E-state index is -0.174. The van der Waals surface area contributed by atoms with Crippen LogP contribution in [0.5, 0.6) is 0 Å². The van der Waals surface area contributed by atoms with Gasteiger partial charge in [-0.3, -0.25) is 4.79 Å². The van der Waals surface area contributed by atoms with Crippen LogP contribution in [0.2, 0.25) is 5.02 Å². The maximum Gasteiger partial charge on any atom is 0.244 e. The lowest BCUT2D eigenvalue weighted by molar-refractivity contribution is -0.117. The van der Waals surface area contributed by atoms with Gasteiger partial charge in [0.1, 0.15) is 6.10 Å². The van der Waals surface area contributed by atoms with E-state index in [-0.39, 0.29) is 12.0 Å². The first-order valence-electron chi connectivity index (χ1n) is 6.46. The van der Waals surface area contributed by atoms with Crippen molar-refractivity contribution in [2.45, 2.75) is 6.10 Å². The van der Waals surface area contributed by atoms with Crippen LogP contribution in [0.25, 0.3) is 6.08 Å². The van der Waals surface area contributed by atoms with Crippen LogP contribution in [0.15, 0.2) is 47.2 Å². The maximum absolute atomic E-state index is 11.8. The second-order valence-corrected chi connectivity index (χ2v) is 5.57. The van der Waals surface area contributed by atoms with Crippen LogP contribution in [0, 0.1) is 0 Å². The summed E-state index contributed by atoms with van der Waals surface area (Å²) in [6.45, 7) is 0.429. The Hall–Kier alpha value is -1.62. The Morgan fingerprint density at radius 1 is 1.43 bits per heavy atom. The van der Waals surface area contributed by atoms with E-state index >= 15 is 0 Å². The normalized spacial score (nSPS) is 12.5. The van der Waals surface area contributed by atoms with Crippen molar-refractivity contribution in [1.82, 2.24) is 5.32 Å². The van der Waals surface area contributed by atoms with E-state index in [9.17, 15) is 4.79 Å². The van der Waals surface area contributed by atoms with Crippen LogP contribution in [-0.2, 0) is 9.53 Å². The number of ether oxygens (including phenoxy) is 1. The summed E-state index contributed by atoms with van der Waals surface area (Å²) in [6, 6.07) is 9.36. The number of nitrogens with one attached hydrogen (secondary N) is 1. The smallest absolute Gasteiger partial charge is 0.244 e. The zero-order valence-corrected chi connectivity index (χ0v) is 13.2. The fourth-order valence-corrected chi connectivity index (χ4v) is 2.72. The van der Waals surface area contributed by atoms with Crippen molar-refractivity contribution in [3.05, 3.63) is 63.3 Å². The molecule has 2 aromatic rings. The minimum absolute atomic E-state index is 0.131. The molecule has 21 heavy (non-hydrogen) atoms. The van der Waals surface area contributed by atoms with E-state index in [1.165, 1.54) is 6.08 Å². The summed E-state index contributed by atoms with van der Waals surface area (Å²) in [5.74, 6) is -0.174. The van der Waals surface area contributed by atoms with Crippen LogP contribution < -0.4 is 5.32 Å². The molecule has 1 aromatic carbocycles. The van der Waals surface area contributed by atoms with Gasteiger partial charge in [0.15, 0.2) is 0 Å². The van der Waals surface area contributed by atoms with Gasteiger partial charge in [0.05, 0.1) is 0 Å². The summed E-state index contributed by atoms with van der Waals surface area (Å²) in [7, 11) is 1.63. The average Bonchev–Trinajstić information content (AvgIpc) is 3.01. The molecule has 110 valence electrons. The van der Waals surface area contributed by atoms with Crippen molar-refractivity contribution in [3.8, 4) is 0 Å². The fourth-order valence-electron chi connectivity index (χ4n) is 1.82. The Balaban J connectivity index is 1.89. The molecule has 0 bridgehead atoms. The van der Waals surface area contributed by atoms with E-state index in [0.29, 0.717) is 11.6 Å². The quantitative estimate of drug-likeness (QED) is 0.819. The first-order valence-corrected chi connectivity index (χ1v) is 7.78. The third kappa shape index (κ3) is 4.70. The summed E-state index contributed by atoms with van der Waals surface area (Å²) in [5.41, 5.74) is 1.88. The van der Waals surface area contributed by atoms with Gasteiger partial charge in [-0.05, 0) is 40.1 Å². The molecule has 0 radical (unpaired) electrons. The summed E-state index contributed by atoms with van der Waals surface area (Å²) < 4.78 is 5.37. The largest absolute Gasteiger partial charge is 0.375 e. The molecule has 3 nitrogen and oxygen atoms in total. The van der Waals surface area contributed by atoms with Crippen molar-refractivity contribution in [1.29, 1.82) is 0 Å². The van der Waals surface area contributed by atoms with E-state index < -0.39 is 0 Å². The third-order valence-corrected chi connectivity index (χ3v) is 4.03. The van der Waals surface area contributed by atoms with E-state index in [4.69, 9.17) is 16.3 Å². The minimum Gasteiger partial charge on any atom is -0.375 e. The van der Waals surface area contributed by atoms with E-state index in [2.05, 4.69) is 5.32 Å². The van der Waals surface area contributed by atoms with E-state index in [1.54, 1.807) is 30.6 Å². The summed E-state index contributed by atoms with van der Waals surface area (Å²) >= 11 is 7.63. The summed E-state index contributed by atoms with van der Waals surface area (Å²) in [4.78, 5) is 11.8. The molecular formula is C16H16ClNO2S. The summed E-state index contributed by atoms with van der Waals surface area (Å²) in [5, 5.41) is 7.44. The molecule has 1 N–H and O–H groups in total. The van der Waals surface area contributed by atoms with Crippen molar-refractivity contribution in [2.75, 3.05) is 13.7 Å². The van der Waals surface area contributed by atoms with Crippen molar-refractivity contribution >= 4 is 34.9 Å². The topological polar surface area (TPSA) is 38.3 Å². The van der Waals surface area contributed by atoms with Crippen LogP contribution in [-0.4, -0.2) is 19.6 Å². The molecular weight excluding hydrogens is 306 g/mol. The first kappa shape index (κ1) is 15.8. The van der Waals surface area contributed by atoms with Gasteiger partial charge < -0.3 is 10.1 Å². The molecule has 0 saturated carbocycles. The number of amides is 1. The predicted molar refractivity (Wildman–Crippen MR) is 87.6 cm³/mol. The molecule has 0 aliphatic carbocycles. The second kappa shape index (κ2) is 7.98. The zero-order chi connectivity index (χ0) is 15.1. The van der Waals surface area contributed by atoms with Crippen LogP contribution >= 0.6 is 22.9 Å². The highest BCUT2D eigenvalue weighted by molar-refractivity contribution is 7.07. The lowest BCUT2D eigenvalue weighted by Crippen LogP contribution is -2.27. The second-order valence-electron chi connectivity index (χ2n) is 4.38. The van der Waals surface area contributed by atoms with Crippen LogP contribution in [0.4, 0.5) is 0 Å². The lowest BCUT2D eigenvalue weighted by Gasteiger charge is -2.14. The highest BCUT2D eigenvalue weighted by atomic mass is 35.5. The van der Waals surface area contributed by atoms with Gasteiger partial charge in [-0.25, -0.2) is 0 Å². The fraction of sp³-hybridized carbons (Fsp3) is 0.188. The average molecular weight is 322 g/mol. The van der Waals surface area contributed by atoms with E-state index in [1.807, 2.05) is 35.0 Å². The first-order chi connectivity index (χ1) is 10.2. The lowest BCUT2D eigenvalue weighted by atomic mass is 10.2. The molecule has 0 spiro atoms. The number of hydrogen-bond acceptors (Lipinski definition) is 3. The number of thiophene rings is 1. The Morgan fingerprint density at radius 2 is 2.24 bits per heavy atom. The number of carbonyl (C=O) groups excluding carboxylic acids is 1. The van der Waals surface area contributed by atoms with Gasteiger partial charge in [-0.15, -0.1) is 0 Å². The Kier molecular flexibility index (Phi) is 5.99. The number of methoxy groups -OCH3 is 1. The molecule has 0 aliphatic heterocycles. The molecule has 0 fully saturated rings. The third-order valence-electron chi connectivity index (χ3n) is 2.98.